The van der Waals surface area contributed by atoms with Crippen molar-refractivity contribution >= 4 is 0 Å². The van der Waals surface area contributed by atoms with Gasteiger partial charge in [-0.15, -0.1) is 5.92 Å². The molecule has 20 heavy (non-hydrogen) atoms. The number of hydrogen-bond donors (Lipinski definition) is 0. The van der Waals surface area contributed by atoms with Crippen molar-refractivity contribution in [2.24, 2.45) is 0 Å². The lowest BCUT2D eigenvalue weighted by molar-refractivity contribution is -0.498. The largest absolute Gasteiger partial charge is 0.235 e. The highest BCUT2D eigenvalue weighted by Crippen LogP contribution is 2.19. The van der Waals surface area contributed by atoms with E-state index in [9.17, 15) is 0 Å². The van der Waals surface area contributed by atoms with Gasteiger partial charge in [-0.1, -0.05) is 26.7 Å². The third-order valence-electron chi connectivity index (χ3n) is 3.04. The predicted octanol–water partition coefficient (Wildman–Crippen LogP) is 4.39. The number of hydrogen-bond acceptors (Lipinski definition) is 4. The Balaban J connectivity index is 4.41. The Morgan fingerprint density at radius 2 is 1.25 bits per heavy atom. The standard InChI is InChI=1S/C16H30O4/c1-8-11-12-13-14(17-19-15(4,5)9-2)18-20-16(6,7)10-3/h14H,8-10,13H2,1-7H3. The summed E-state index contributed by atoms with van der Waals surface area (Å²) in [6.45, 7) is 13.9. The average molecular weight is 286 g/mol. The molecule has 0 aromatic heterocycles. The SMILES string of the molecule is CCC#CCC(OOC(C)(C)CC)OOC(C)(C)CC. The van der Waals surface area contributed by atoms with Gasteiger partial charge in [-0.25, -0.2) is 9.78 Å². The first-order valence-electron chi connectivity index (χ1n) is 7.41. The van der Waals surface area contributed by atoms with Crippen molar-refractivity contribution in [2.75, 3.05) is 0 Å². The molecule has 0 atom stereocenters. The molecule has 0 unspecified atom stereocenters. The molecule has 0 aromatic rings. The Morgan fingerprint density at radius 3 is 1.60 bits per heavy atom. The fourth-order valence-corrected chi connectivity index (χ4v) is 0.850. The smallest absolute Gasteiger partial charge is 0.228 e. The molecule has 0 aromatic carbocycles. The van der Waals surface area contributed by atoms with Crippen LogP contribution in [-0.2, 0) is 19.6 Å². The first-order chi connectivity index (χ1) is 9.26. The Hall–Kier alpha value is -0.600. The third-order valence-corrected chi connectivity index (χ3v) is 3.04. The van der Waals surface area contributed by atoms with Crippen LogP contribution in [0.15, 0.2) is 0 Å². The van der Waals surface area contributed by atoms with Gasteiger partial charge in [0, 0.05) is 6.42 Å². The van der Waals surface area contributed by atoms with E-state index in [1.54, 1.807) is 0 Å². The van der Waals surface area contributed by atoms with Gasteiger partial charge in [0.1, 0.15) is 0 Å². The highest BCUT2D eigenvalue weighted by molar-refractivity contribution is 4.98. The van der Waals surface area contributed by atoms with Gasteiger partial charge in [0.2, 0.25) is 6.29 Å². The van der Waals surface area contributed by atoms with E-state index >= 15 is 0 Å². The van der Waals surface area contributed by atoms with Crippen molar-refractivity contribution in [2.45, 2.75) is 91.6 Å². The summed E-state index contributed by atoms with van der Waals surface area (Å²) in [5.74, 6) is 5.96. The summed E-state index contributed by atoms with van der Waals surface area (Å²) in [6.07, 6.45) is 2.23. The van der Waals surface area contributed by atoms with Gasteiger partial charge in [0.05, 0.1) is 17.6 Å². The maximum absolute atomic E-state index is 5.40. The van der Waals surface area contributed by atoms with E-state index in [1.165, 1.54) is 0 Å². The lowest BCUT2D eigenvalue weighted by Crippen LogP contribution is -2.31. The van der Waals surface area contributed by atoms with Crippen molar-refractivity contribution in [3.05, 3.63) is 0 Å². The Kier molecular flexibility index (Phi) is 9.08. The fraction of sp³-hybridized carbons (Fsp3) is 0.875. The van der Waals surface area contributed by atoms with Crippen LogP contribution in [0.2, 0.25) is 0 Å². The summed E-state index contributed by atoms with van der Waals surface area (Å²) in [5.41, 5.74) is -0.722. The molecule has 0 aliphatic rings. The van der Waals surface area contributed by atoms with E-state index in [0.29, 0.717) is 6.42 Å². The van der Waals surface area contributed by atoms with E-state index in [-0.39, 0.29) is 11.2 Å². The van der Waals surface area contributed by atoms with Crippen LogP contribution in [0.25, 0.3) is 0 Å². The highest BCUT2D eigenvalue weighted by atomic mass is 17.3. The van der Waals surface area contributed by atoms with Gasteiger partial charge < -0.3 is 0 Å². The molecule has 0 aliphatic heterocycles. The predicted molar refractivity (Wildman–Crippen MR) is 79.6 cm³/mol. The van der Waals surface area contributed by atoms with Gasteiger partial charge in [-0.05, 0) is 40.5 Å². The lowest BCUT2D eigenvalue weighted by atomic mass is 10.1. The molecular formula is C16H30O4. The average Bonchev–Trinajstić information content (AvgIpc) is 2.41. The molecule has 0 spiro atoms. The molecular weight excluding hydrogens is 256 g/mol. The molecule has 4 heteroatoms. The Morgan fingerprint density at radius 1 is 0.800 bits per heavy atom. The topological polar surface area (TPSA) is 36.9 Å². The molecule has 0 radical (unpaired) electrons. The van der Waals surface area contributed by atoms with Gasteiger partial charge in [-0.3, -0.25) is 0 Å². The minimum atomic E-state index is -0.648. The summed E-state index contributed by atoms with van der Waals surface area (Å²) in [4.78, 5) is 21.5. The molecule has 0 saturated carbocycles. The second kappa shape index (κ2) is 9.36. The molecule has 0 N–H and O–H groups in total. The zero-order valence-corrected chi connectivity index (χ0v) is 14.0. The summed E-state index contributed by atoms with van der Waals surface area (Å²) in [7, 11) is 0. The van der Waals surface area contributed by atoms with Gasteiger partial charge in [-0.2, -0.15) is 9.78 Å². The second-order valence-corrected chi connectivity index (χ2v) is 5.93. The fourth-order valence-electron chi connectivity index (χ4n) is 0.850. The van der Waals surface area contributed by atoms with E-state index in [2.05, 4.69) is 11.8 Å². The molecule has 0 amide bonds. The van der Waals surface area contributed by atoms with Crippen molar-refractivity contribution in [1.82, 2.24) is 0 Å². The van der Waals surface area contributed by atoms with Gasteiger partial charge >= 0.3 is 0 Å². The molecule has 4 nitrogen and oxygen atoms in total. The number of rotatable bonds is 9. The first kappa shape index (κ1) is 19.4. The van der Waals surface area contributed by atoms with Crippen molar-refractivity contribution in [1.29, 1.82) is 0 Å². The van der Waals surface area contributed by atoms with Gasteiger partial charge in [0.25, 0.3) is 0 Å². The van der Waals surface area contributed by atoms with E-state index in [4.69, 9.17) is 19.6 Å². The minimum absolute atomic E-state index is 0.361. The third kappa shape index (κ3) is 9.33. The monoisotopic (exact) mass is 286 g/mol. The molecule has 0 fully saturated rings. The molecule has 0 aliphatic carbocycles. The van der Waals surface area contributed by atoms with Crippen LogP contribution in [0.4, 0.5) is 0 Å². The molecule has 0 saturated heterocycles. The zero-order chi connectivity index (χ0) is 15.6. The van der Waals surface area contributed by atoms with Crippen LogP contribution >= 0.6 is 0 Å². The van der Waals surface area contributed by atoms with Crippen LogP contribution < -0.4 is 0 Å². The van der Waals surface area contributed by atoms with Crippen molar-refractivity contribution < 1.29 is 19.6 Å². The maximum Gasteiger partial charge on any atom is 0.235 e. The van der Waals surface area contributed by atoms with Crippen LogP contribution in [0, 0.1) is 11.8 Å². The minimum Gasteiger partial charge on any atom is -0.228 e. The highest BCUT2D eigenvalue weighted by Gasteiger charge is 2.24. The first-order valence-corrected chi connectivity index (χ1v) is 7.41. The van der Waals surface area contributed by atoms with Gasteiger partial charge in [0.15, 0.2) is 0 Å². The summed E-state index contributed by atoms with van der Waals surface area (Å²) < 4.78 is 0. The van der Waals surface area contributed by atoms with Crippen LogP contribution in [0.5, 0.6) is 0 Å². The van der Waals surface area contributed by atoms with E-state index in [1.807, 2.05) is 48.5 Å². The second-order valence-electron chi connectivity index (χ2n) is 5.93. The summed E-state index contributed by atoms with van der Waals surface area (Å²) in [6, 6.07) is 0. The molecule has 0 bridgehead atoms. The van der Waals surface area contributed by atoms with E-state index < -0.39 is 6.29 Å². The van der Waals surface area contributed by atoms with Crippen molar-refractivity contribution in [3.8, 4) is 11.8 Å². The zero-order valence-electron chi connectivity index (χ0n) is 14.0. The quantitative estimate of drug-likeness (QED) is 0.273. The van der Waals surface area contributed by atoms with Crippen LogP contribution in [0.1, 0.15) is 74.1 Å². The maximum atomic E-state index is 5.40. The van der Waals surface area contributed by atoms with Crippen LogP contribution in [0.3, 0.4) is 0 Å². The normalized spacial score (nSPS) is 12.4. The van der Waals surface area contributed by atoms with E-state index in [0.717, 1.165) is 19.3 Å². The van der Waals surface area contributed by atoms with Crippen molar-refractivity contribution in [3.63, 3.8) is 0 Å². The Bertz CT molecular complexity index is 292. The van der Waals surface area contributed by atoms with Crippen LogP contribution in [-0.4, -0.2) is 17.5 Å². The molecule has 0 rings (SSSR count). The molecule has 0 heterocycles. The Labute approximate surface area is 124 Å². The summed E-state index contributed by atoms with van der Waals surface area (Å²) in [5, 5.41) is 0. The lowest BCUT2D eigenvalue weighted by Gasteiger charge is -2.27. The molecule has 118 valence electrons. The summed E-state index contributed by atoms with van der Waals surface area (Å²) >= 11 is 0.